The first-order valence-corrected chi connectivity index (χ1v) is 8.35. The van der Waals surface area contributed by atoms with Gasteiger partial charge in [-0.25, -0.2) is 9.59 Å². The van der Waals surface area contributed by atoms with Crippen molar-refractivity contribution >= 4 is 29.3 Å². The smallest absolute Gasteiger partial charge is 0.408 e. The maximum absolute atomic E-state index is 12.6. The van der Waals surface area contributed by atoms with E-state index in [-0.39, 0.29) is 11.3 Å². The van der Waals surface area contributed by atoms with Crippen LogP contribution in [0.15, 0.2) is 18.2 Å². The molecular formula is C18H27N3O5. The van der Waals surface area contributed by atoms with Gasteiger partial charge < -0.3 is 25.8 Å². The Kier molecular flexibility index (Phi) is 7.42. The Hall–Kier alpha value is -2.77. The number of methoxy groups -OCH3 is 1. The van der Waals surface area contributed by atoms with Crippen molar-refractivity contribution in [2.45, 2.75) is 52.2 Å². The minimum absolute atomic E-state index is 0.254. The molecule has 144 valence electrons. The van der Waals surface area contributed by atoms with Crippen molar-refractivity contribution in [3.8, 4) is 0 Å². The van der Waals surface area contributed by atoms with Gasteiger partial charge in [0.2, 0.25) is 5.91 Å². The van der Waals surface area contributed by atoms with Crippen LogP contribution in [-0.4, -0.2) is 36.7 Å². The van der Waals surface area contributed by atoms with Crippen LogP contribution in [-0.2, 0) is 14.3 Å². The minimum Gasteiger partial charge on any atom is -0.465 e. The van der Waals surface area contributed by atoms with Crippen LogP contribution in [0, 0.1) is 0 Å². The zero-order valence-electron chi connectivity index (χ0n) is 15.8. The highest BCUT2D eigenvalue weighted by atomic mass is 16.6. The molecule has 1 rings (SSSR count). The lowest BCUT2D eigenvalue weighted by Crippen LogP contribution is -2.45. The summed E-state index contributed by atoms with van der Waals surface area (Å²) < 4.78 is 9.84. The van der Waals surface area contributed by atoms with Crippen molar-refractivity contribution in [2.75, 3.05) is 18.2 Å². The number of carbonyl (C=O) groups is 3. The van der Waals surface area contributed by atoms with Gasteiger partial charge in [-0.3, -0.25) is 4.79 Å². The van der Waals surface area contributed by atoms with Crippen molar-refractivity contribution < 1.29 is 23.9 Å². The van der Waals surface area contributed by atoms with E-state index in [2.05, 4.69) is 15.4 Å². The molecule has 0 spiro atoms. The molecule has 26 heavy (non-hydrogen) atoms. The third-order valence-electron chi connectivity index (χ3n) is 3.32. The molecule has 1 unspecified atom stereocenters. The maximum atomic E-state index is 12.6. The van der Waals surface area contributed by atoms with Gasteiger partial charge in [0.05, 0.1) is 24.0 Å². The van der Waals surface area contributed by atoms with E-state index < -0.39 is 29.6 Å². The highest BCUT2D eigenvalue weighted by Crippen LogP contribution is 2.21. The average molecular weight is 365 g/mol. The lowest BCUT2D eigenvalue weighted by molar-refractivity contribution is -0.118. The number of amides is 2. The predicted octanol–water partition coefficient (Wildman–Crippen LogP) is 2.69. The molecule has 0 radical (unpaired) electrons. The molecule has 0 saturated heterocycles. The highest BCUT2D eigenvalue weighted by molar-refractivity contribution is 6.00. The largest absolute Gasteiger partial charge is 0.465 e. The van der Waals surface area contributed by atoms with Crippen LogP contribution >= 0.6 is 0 Å². The number of nitrogen functional groups attached to an aromatic ring is 1. The number of esters is 1. The van der Waals surface area contributed by atoms with E-state index in [4.69, 9.17) is 10.5 Å². The molecule has 0 saturated carbocycles. The molecule has 4 N–H and O–H groups in total. The molecule has 1 aromatic carbocycles. The van der Waals surface area contributed by atoms with Crippen LogP contribution in [0.5, 0.6) is 0 Å². The summed E-state index contributed by atoms with van der Waals surface area (Å²) in [6.45, 7) is 7.10. The second-order valence-electron chi connectivity index (χ2n) is 6.77. The Balaban J connectivity index is 2.90. The van der Waals surface area contributed by atoms with E-state index in [1.165, 1.54) is 25.3 Å². The number of rotatable bonds is 6. The van der Waals surface area contributed by atoms with Crippen molar-refractivity contribution in [2.24, 2.45) is 0 Å². The van der Waals surface area contributed by atoms with Gasteiger partial charge in [0.25, 0.3) is 0 Å². The summed E-state index contributed by atoms with van der Waals surface area (Å²) in [6, 6.07) is 3.63. The normalized spacial score (nSPS) is 12.0. The number of hydrogen-bond donors (Lipinski definition) is 3. The molecule has 8 heteroatoms. The molecule has 0 aliphatic rings. The van der Waals surface area contributed by atoms with Gasteiger partial charge in [-0.05, 0) is 45.4 Å². The van der Waals surface area contributed by atoms with E-state index in [9.17, 15) is 14.4 Å². The molecule has 1 atom stereocenters. The van der Waals surface area contributed by atoms with Crippen LogP contribution in [0.2, 0.25) is 0 Å². The molecule has 0 bridgehead atoms. The molecular weight excluding hydrogens is 338 g/mol. The van der Waals surface area contributed by atoms with Crippen LogP contribution in [0.1, 0.15) is 50.9 Å². The summed E-state index contributed by atoms with van der Waals surface area (Å²) in [5, 5.41) is 5.20. The summed E-state index contributed by atoms with van der Waals surface area (Å²) in [5.41, 5.74) is 6.00. The van der Waals surface area contributed by atoms with Crippen LogP contribution in [0.3, 0.4) is 0 Å². The molecule has 0 fully saturated rings. The number of nitrogens with two attached hydrogens (primary N) is 1. The van der Waals surface area contributed by atoms with Crippen molar-refractivity contribution in [3.63, 3.8) is 0 Å². The van der Waals surface area contributed by atoms with Crippen molar-refractivity contribution in [1.82, 2.24) is 5.32 Å². The number of alkyl carbamates (subject to hydrolysis) is 1. The number of carbonyl (C=O) groups excluding carboxylic acids is 3. The number of hydrogen-bond acceptors (Lipinski definition) is 6. The lowest BCUT2D eigenvalue weighted by atomic mass is 10.1. The van der Waals surface area contributed by atoms with E-state index >= 15 is 0 Å². The van der Waals surface area contributed by atoms with Gasteiger partial charge in [-0.2, -0.15) is 0 Å². The fourth-order valence-corrected chi connectivity index (χ4v) is 2.14. The molecule has 0 aromatic heterocycles. The Labute approximate surface area is 153 Å². The topological polar surface area (TPSA) is 120 Å². The van der Waals surface area contributed by atoms with E-state index in [1.54, 1.807) is 20.8 Å². The van der Waals surface area contributed by atoms with E-state index in [1.807, 2.05) is 6.92 Å². The Morgan fingerprint density at radius 1 is 1.23 bits per heavy atom. The zero-order chi connectivity index (χ0) is 19.9. The van der Waals surface area contributed by atoms with Gasteiger partial charge in [0.15, 0.2) is 0 Å². The molecule has 2 amide bonds. The van der Waals surface area contributed by atoms with Gasteiger partial charge in [0.1, 0.15) is 11.6 Å². The van der Waals surface area contributed by atoms with Crippen molar-refractivity contribution in [1.29, 1.82) is 0 Å². The molecule has 8 nitrogen and oxygen atoms in total. The summed E-state index contributed by atoms with van der Waals surface area (Å²) >= 11 is 0. The second-order valence-corrected chi connectivity index (χ2v) is 6.77. The Morgan fingerprint density at radius 2 is 1.88 bits per heavy atom. The standard InChI is InChI=1S/C18H27N3O5/c1-6-7-13(21-17(24)26-18(2,3)4)15(22)20-14-10-11(16(23)25-5)8-9-12(14)19/h8-10,13H,6-7,19H2,1-5H3,(H,20,22)(H,21,24). The Bertz CT molecular complexity index is 667. The Morgan fingerprint density at radius 3 is 2.42 bits per heavy atom. The van der Waals surface area contributed by atoms with Gasteiger partial charge in [0, 0.05) is 0 Å². The fraction of sp³-hybridized carbons (Fsp3) is 0.500. The number of benzene rings is 1. The maximum Gasteiger partial charge on any atom is 0.408 e. The fourth-order valence-electron chi connectivity index (χ4n) is 2.14. The van der Waals surface area contributed by atoms with E-state index in [0.717, 1.165) is 0 Å². The first-order valence-electron chi connectivity index (χ1n) is 8.35. The van der Waals surface area contributed by atoms with Crippen LogP contribution < -0.4 is 16.4 Å². The first-order chi connectivity index (χ1) is 12.1. The number of anilines is 2. The molecule has 0 aliphatic heterocycles. The SMILES string of the molecule is CCCC(NC(=O)OC(C)(C)C)C(=O)Nc1cc(C(=O)OC)ccc1N. The first kappa shape index (κ1) is 21.3. The van der Waals surface area contributed by atoms with Gasteiger partial charge in [-0.1, -0.05) is 13.3 Å². The number of ether oxygens (including phenoxy) is 2. The minimum atomic E-state index is -0.795. The van der Waals surface area contributed by atoms with Gasteiger partial charge >= 0.3 is 12.1 Å². The van der Waals surface area contributed by atoms with Crippen LogP contribution in [0.4, 0.5) is 16.2 Å². The number of nitrogens with one attached hydrogen (secondary N) is 2. The highest BCUT2D eigenvalue weighted by Gasteiger charge is 2.24. The predicted molar refractivity (Wildman–Crippen MR) is 98.9 cm³/mol. The zero-order valence-corrected chi connectivity index (χ0v) is 15.8. The third kappa shape index (κ3) is 6.62. The van der Waals surface area contributed by atoms with E-state index in [0.29, 0.717) is 18.5 Å². The third-order valence-corrected chi connectivity index (χ3v) is 3.32. The summed E-state index contributed by atoms with van der Waals surface area (Å²) in [7, 11) is 1.26. The summed E-state index contributed by atoms with van der Waals surface area (Å²) in [5.74, 6) is -0.996. The lowest BCUT2D eigenvalue weighted by Gasteiger charge is -2.23. The van der Waals surface area contributed by atoms with Gasteiger partial charge in [-0.15, -0.1) is 0 Å². The van der Waals surface area contributed by atoms with Crippen molar-refractivity contribution in [3.05, 3.63) is 23.8 Å². The summed E-state index contributed by atoms with van der Waals surface area (Å²) in [6.07, 6.45) is 0.412. The second kappa shape index (κ2) is 9.07. The average Bonchev–Trinajstić information content (AvgIpc) is 2.53. The monoisotopic (exact) mass is 365 g/mol. The molecule has 0 heterocycles. The quantitative estimate of drug-likeness (QED) is 0.527. The van der Waals surface area contributed by atoms with Crippen LogP contribution in [0.25, 0.3) is 0 Å². The molecule has 0 aliphatic carbocycles. The summed E-state index contributed by atoms with van der Waals surface area (Å²) in [4.78, 5) is 36.1. The molecule has 1 aromatic rings.